The highest BCUT2D eigenvalue weighted by Crippen LogP contribution is 2.83. The summed E-state index contributed by atoms with van der Waals surface area (Å²) in [4.78, 5) is 4.60. The molecule has 178 valence electrons. The number of fused-ring (bicyclic) bond motifs is 5. The monoisotopic (exact) mass is 439 g/mol. The van der Waals surface area contributed by atoms with E-state index in [1.807, 2.05) is 12.3 Å². The molecule has 4 aliphatic carbocycles. The summed E-state index contributed by atoms with van der Waals surface area (Å²) in [5.41, 5.74) is 1.95. The predicted molar refractivity (Wildman–Crippen MR) is 129 cm³/mol. The van der Waals surface area contributed by atoms with Crippen LogP contribution in [0.15, 0.2) is 24.4 Å². The number of aliphatic hydroxyl groups excluding tert-OH is 2. The van der Waals surface area contributed by atoms with Crippen LogP contribution in [0.1, 0.15) is 98.6 Å². The predicted octanol–water partition coefficient (Wildman–Crippen LogP) is 6.18. The van der Waals surface area contributed by atoms with Crippen LogP contribution in [-0.2, 0) is 6.42 Å². The van der Waals surface area contributed by atoms with Crippen molar-refractivity contribution in [2.75, 3.05) is 0 Å². The van der Waals surface area contributed by atoms with Crippen LogP contribution in [0, 0.1) is 38.4 Å². The molecule has 1 aromatic rings. The van der Waals surface area contributed by atoms with Crippen LogP contribution in [0.5, 0.6) is 0 Å². The van der Waals surface area contributed by atoms with Gasteiger partial charge in [0.2, 0.25) is 0 Å². The Kier molecular flexibility index (Phi) is 4.86. The molecule has 32 heavy (non-hydrogen) atoms. The van der Waals surface area contributed by atoms with Gasteiger partial charge in [0.05, 0.1) is 12.2 Å². The van der Waals surface area contributed by atoms with Crippen molar-refractivity contribution in [2.45, 2.75) is 112 Å². The summed E-state index contributed by atoms with van der Waals surface area (Å²) in [6, 6.07) is 6.16. The van der Waals surface area contributed by atoms with E-state index in [1.165, 1.54) is 19.3 Å². The summed E-state index contributed by atoms with van der Waals surface area (Å²) < 4.78 is 0. The standard InChI is InChI=1S/C29H45NO2/c1-24-12-14-28(5)27(4,26(24,3)11-10-22(31)19-24)15-13-25(2)23(32)20(18-29(25,28)6)17-21-9-7-8-16-30-21/h7-9,16,20,22-23,31-32H,10-15,17-19H2,1-6H3/t20-,22+,23+,24+,25-,26+,27-,28-,29-/m1/s1. The summed E-state index contributed by atoms with van der Waals surface area (Å²) in [5, 5.41) is 22.4. The molecule has 1 heterocycles. The molecule has 5 rings (SSSR count). The highest BCUT2D eigenvalue weighted by molar-refractivity contribution is 5.26. The summed E-state index contributed by atoms with van der Waals surface area (Å²) in [7, 11) is 0. The number of aliphatic hydroxyl groups is 2. The van der Waals surface area contributed by atoms with Crippen LogP contribution in [-0.4, -0.2) is 27.4 Å². The fourth-order valence-corrected chi connectivity index (χ4v) is 10.2. The molecular weight excluding hydrogens is 394 g/mol. The van der Waals surface area contributed by atoms with Gasteiger partial charge in [-0.1, -0.05) is 47.6 Å². The first-order valence-corrected chi connectivity index (χ1v) is 13.1. The van der Waals surface area contributed by atoms with Gasteiger partial charge in [0.25, 0.3) is 0 Å². The van der Waals surface area contributed by atoms with Gasteiger partial charge < -0.3 is 10.2 Å². The molecule has 4 fully saturated rings. The Bertz CT molecular complexity index is 888. The number of hydrogen-bond donors (Lipinski definition) is 2. The van der Waals surface area contributed by atoms with Gasteiger partial charge in [-0.25, -0.2) is 0 Å². The molecule has 0 radical (unpaired) electrons. The molecule has 4 aliphatic rings. The topological polar surface area (TPSA) is 53.4 Å². The molecule has 3 heteroatoms. The lowest BCUT2D eigenvalue weighted by molar-refractivity contribution is -0.292. The van der Waals surface area contributed by atoms with Gasteiger partial charge >= 0.3 is 0 Å². The average Bonchev–Trinajstić information content (AvgIpc) is 2.95. The first kappa shape index (κ1) is 22.8. The maximum atomic E-state index is 11.8. The SMILES string of the molecule is C[C@@]12CC[C@]3(C)[C@](C)(CC[C@]4(C)[C@@H](O)[C@H](Cc5ccccn5)C[C@@]34C)[C@@]1(C)CC[C@H](O)C2. The molecular formula is C29H45NO2. The maximum Gasteiger partial charge on any atom is 0.0631 e. The first-order chi connectivity index (χ1) is 14.9. The van der Waals surface area contributed by atoms with Crippen molar-refractivity contribution in [1.29, 1.82) is 0 Å². The quantitative estimate of drug-likeness (QED) is 0.579. The van der Waals surface area contributed by atoms with Gasteiger partial charge in [0.15, 0.2) is 0 Å². The van der Waals surface area contributed by atoms with Gasteiger partial charge in [0.1, 0.15) is 0 Å². The first-order valence-electron chi connectivity index (χ1n) is 13.1. The normalized spacial score (nSPS) is 55.1. The maximum absolute atomic E-state index is 11.8. The Labute approximate surface area is 195 Å². The Morgan fingerprint density at radius 1 is 0.812 bits per heavy atom. The van der Waals surface area contributed by atoms with E-state index in [-0.39, 0.29) is 50.6 Å². The van der Waals surface area contributed by atoms with E-state index in [9.17, 15) is 10.2 Å². The van der Waals surface area contributed by atoms with Crippen LogP contribution in [0.25, 0.3) is 0 Å². The smallest absolute Gasteiger partial charge is 0.0631 e. The van der Waals surface area contributed by atoms with Gasteiger partial charge in [-0.3, -0.25) is 4.98 Å². The van der Waals surface area contributed by atoms with E-state index in [2.05, 4.69) is 58.7 Å². The molecule has 3 nitrogen and oxygen atoms in total. The van der Waals surface area contributed by atoms with Gasteiger partial charge in [-0.15, -0.1) is 0 Å². The molecule has 1 aromatic heterocycles. The molecule has 9 atom stereocenters. The third kappa shape index (κ3) is 2.48. The van der Waals surface area contributed by atoms with Crippen LogP contribution < -0.4 is 0 Å². The largest absolute Gasteiger partial charge is 0.393 e. The van der Waals surface area contributed by atoms with E-state index in [0.717, 1.165) is 44.2 Å². The molecule has 0 aliphatic heterocycles. The van der Waals surface area contributed by atoms with E-state index in [1.54, 1.807) is 0 Å². The number of rotatable bonds is 2. The highest BCUT2D eigenvalue weighted by atomic mass is 16.3. The summed E-state index contributed by atoms with van der Waals surface area (Å²) in [6.45, 7) is 15.2. The van der Waals surface area contributed by atoms with E-state index in [4.69, 9.17) is 0 Å². The minimum atomic E-state index is -0.273. The zero-order valence-electron chi connectivity index (χ0n) is 21.2. The second-order valence-corrected chi connectivity index (χ2v) is 13.6. The van der Waals surface area contributed by atoms with Crippen molar-refractivity contribution in [3.05, 3.63) is 30.1 Å². The third-order valence-electron chi connectivity index (χ3n) is 13.2. The Hall–Kier alpha value is -0.930. The van der Waals surface area contributed by atoms with Crippen molar-refractivity contribution >= 4 is 0 Å². The fraction of sp³-hybridized carbons (Fsp3) is 0.828. The second kappa shape index (κ2) is 6.81. The Morgan fingerprint density at radius 3 is 2.19 bits per heavy atom. The van der Waals surface area contributed by atoms with Crippen LogP contribution >= 0.6 is 0 Å². The lowest BCUT2D eigenvalue weighted by Gasteiger charge is -2.77. The molecule has 0 aromatic carbocycles. The van der Waals surface area contributed by atoms with E-state index >= 15 is 0 Å². The highest BCUT2D eigenvalue weighted by Gasteiger charge is 2.77. The number of nitrogens with zero attached hydrogens (tertiary/aromatic N) is 1. The van der Waals surface area contributed by atoms with Crippen LogP contribution in [0.2, 0.25) is 0 Å². The van der Waals surface area contributed by atoms with Crippen molar-refractivity contribution < 1.29 is 10.2 Å². The Morgan fingerprint density at radius 2 is 1.50 bits per heavy atom. The zero-order valence-corrected chi connectivity index (χ0v) is 21.2. The number of pyridine rings is 1. The van der Waals surface area contributed by atoms with Crippen LogP contribution in [0.3, 0.4) is 0 Å². The van der Waals surface area contributed by atoms with E-state index in [0.29, 0.717) is 0 Å². The van der Waals surface area contributed by atoms with Gasteiger partial charge in [-0.2, -0.15) is 0 Å². The molecule has 0 bridgehead atoms. The minimum Gasteiger partial charge on any atom is -0.393 e. The molecule has 4 saturated carbocycles. The summed E-state index contributed by atoms with van der Waals surface area (Å²) in [6.07, 6.45) is 11.1. The lowest BCUT2D eigenvalue weighted by Crippen LogP contribution is -2.70. The van der Waals surface area contributed by atoms with E-state index < -0.39 is 0 Å². The van der Waals surface area contributed by atoms with Crippen molar-refractivity contribution in [1.82, 2.24) is 4.98 Å². The van der Waals surface area contributed by atoms with Crippen molar-refractivity contribution in [3.8, 4) is 0 Å². The van der Waals surface area contributed by atoms with Crippen molar-refractivity contribution in [2.24, 2.45) is 38.4 Å². The van der Waals surface area contributed by atoms with Crippen molar-refractivity contribution in [3.63, 3.8) is 0 Å². The second-order valence-electron chi connectivity index (χ2n) is 13.6. The number of hydrogen-bond acceptors (Lipinski definition) is 3. The Balaban J connectivity index is 1.56. The lowest BCUT2D eigenvalue weighted by atomic mass is 9.27. The number of aromatic nitrogens is 1. The van der Waals surface area contributed by atoms with Crippen LogP contribution in [0.4, 0.5) is 0 Å². The summed E-state index contributed by atoms with van der Waals surface area (Å²) >= 11 is 0. The molecule has 0 amide bonds. The molecule has 0 saturated heterocycles. The average molecular weight is 440 g/mol. The molecule has 0 unspecified atom stereocenters. The molecule has 2 N–H and O–H groups in total. The minimum absolute atomic E-state index is 0.0566. The summed E-state index contributed by atoms with van der Waals surface area (Å²) in [5.74, 6) is 0.272. The third-order valence-corrected chi connectivity index (χ3v) is 13.2. The van der Waals surface area contributed by atoms with Gasteiger partial charge in [0, 0.05) is 11.9 Å². The zero-order chi connectivity index (χ0) is 23.2. The fourth-order valence-electron chi connectivity index (χ4n) is 10.2. The molecule has 0 spiro atoms. The van der Waals surface area contributed by atoms with Gasteiger partial charge in [-0.05, 0) is 108 Å².